The van der Waals surface area contributed by atoms with Gasteiger partial charge in [0.2, 0.25) is 5.28 Å². The fourth-order valence-corrected chi connectivity index (χ4v) is 2.31. The SMILES string of the molecule is CO[C@@H]1CCCC(Nc2nc(Cl)ncc2F)[C@H]1O. The molecule has 1 heterocycles. The van der Waals surface area contributed by atoms with Crippen molar-refractivity contribution in [3.8, 4) is 0 Å². The molecule has 0 amide bonds. The van der Waals surface area contributed by atoms with E-state index in [0.717, 1.165) is 25.5 Å². The van der Waals surface area contributed by atoms with Crippen molar-refractivity contribution >= 4 is 17.4 Å². The van der Waals surface area contributed by atoms with Crippen LogP contribution in [0.5, 0.6) is 0 Å². The quantitative estimate of drug-likeness (QED) is 0.821. The number of hydrogen-bond acceptors (Lipinski definition) is 5. The number of aliphatic hydroxyl groups excluding tert-OH is 1. The Kier molecular flexibility index (Phi) is 4.31. The number of anilines is 1. The lowest BCUT2D eigenvalue weighted by Crippen LogP contribution is -2.46. The fraction of sp³-hybridized carbons (Fsp3) is 0.636. The maximum atomic E-state index is 13.5. The fourth-order valence-electron chi connectivity index (χ4n) is 2.18. The number of methoxy groups -OCH3 is 1. The van der Waals surface area contributed by atoms with Gasteiger partial charge in [0.05, 0.1) is 18.3 Å². The smallest absolute Gasteiger partial charge is 0.224 e. The second-order valence-electron chi connectivity index (χ2n) is 4.28. The molecule has 18 heavy (non-hydrogen) atoms. The van der Waals surface area contributed by atoms with Crippen molar-refractivity contribution in [1.29, 1.82) is 0 Å². The van der Waals surface area contributed by atoms with Gasteiger partial charge < -0.3 is 15.2 Å². The van der Waals surface area contributed by atoms with Crippen molar-refractivity contribution in [1.82, 2.24) is 9.97 Å². The van der Waals surface area contributed by atoms with Crippen LogP contribution in [0.2, 0.25) is 5.28 Å². The van der Waals surface area contributed by atoms with Crippen LogP contribution in [0.15, 0.2) is 6.20 Å². The molecule has 5 nitrogen and oxygen atoms in total. The average Bonchev–Trinajstić information content (AvgIpc) is 2.36. The van der Waals surface area contributed by atoms with Crippen LogP contribution < -0.4 is 5.32 Å². The first kappa shape index (κ1) is 13.5. The first-order valence-electron chi connectivity index (χ1n) is 5.77. The molecule has 2 rings (SSSR count). The number of aliphatic hydroxyl groups is 1. The van der Waals surface area contributed by atoms with E-state index in [2.05, 4.69) is 15.3 Å². The minimum atomic E-state index is -0.697. The molecule has 1 unspecified atom stereocenters. The van der Waals surface area contributed by atoms with Gasteiger partial charge in [-0.1, -0.05) is 0 Å². The zero-order chi connectivity index (χ0) is 13.1. The normalized spacial score (nSPS) is 28.1. The van der Waals surface area contributed by atoms with E-state index in [9.17, 15) is 9.50 Å². The molecule has 100 valence electrons. The maximum absolute atomic E-state index is 13.5. The van der Waals surface area contributed by atoms with Gasteiger partial charge in [0.15, 0.2) is 11.6 Å². The third-order valence-electron chi connectivity index (χ3n) is 3.14. The zero-order valence-corrected chi connectivity index (χ0v) is 10.7. The molecule has 1 aliphatic rings. The molecule has 1 saturated carbocycles. The highest BCUT2D eigenvalue weighted by Crippen LogP contribution is 2.25. The summed E-state index contributed by atoms with van der Waals surface area (Å²) in [5, 5.41) is 12.9. The van der Waals surface area contributed by atoms with Crippen LogP contribution in [-0.4, -0.2) is 40.4 Å². The van der Waals surface area contributed by atoms with Crippen molar-refractivity contribution < 1.29 is 14.2 Å². The Morgan fingerprint density at radius 1 is 1.56 bits per heavy atom. The Balaban J connectivity index is 2.10. The summed E-state index contributed by atoms with van der Waals surface area (Å²) in [6.07, 6.45) is 2.48. The number of nitrogens with zero attached hydrogens (tertiary/aromatic N) is 2. The lowest BCUT2D eigenvalue weighted by atomic mass is 9.90. The van der Waals surface area contributed by atoms with Crippen LogP contribution in [0.1, 0.15) is 19.3 Å². The van der Waals surface area contributed by atoms with Crippen molar-refractivity contribution in [2.75, 3.05) is 12.4 Å². The summed E-state index contributed by atoms with van der Waals surface area (Å²) in [6.45, 7) is 0. The Morgan fingerprint density at radius 2 is 2.33 bits per heavy atom. The van der Waals surface area contributed by atoms with Gasteiger partial charge in [-0.25, -0.2) is 9.37 Å². The molecule has 0 saturated heterocycles. The van der Waals surface area contributed by atoms with Gasteiger partial charge in [-0.3, -0.25) is 0 Å². The van der Waals surface area contributed by atoms with Crippen molar-refractivity contribution in [3.63, 3.8) is 0 Å². The van der Waals surface area contributed by atoms with Crippen LogP contribution in [0.4, 0.5) is 10.2 Å². The molecule has 1 fully saturated rings. The van der Waals surface area contributed by atoms with E-state index in [1.165, 1.54) is 0 Å². The summed E-state index contributed by atoms with van der Waals surface area (Å²) >= 11 is 5.61. The molecule has 1 aromatic rings. The molecule has 0 aromatic carbocycles. The van der Waals surface area contributed by atoms with E-state index in [1.54, 1.807) is 7.11 Å². The number of aromatic nitrogens is 2. The number of halogens is 2. The largest absolute Gasteiger partial charge is 0.388 e. The van der Waals surface area contributed by atoms with Crippen molar-refractivity contribution in [2.45, 2.75) is 37.5 Å². The number of ether oxygens (including phenoxy) is 1. The summed E-state index contributed by atoms with van der Waals surface area (Å²) in [6, 6.07) is -0.302. The van der Waals surface area contributed by atoms with Gasteiger partial charge in [0.1, 0.15) is 6.10 Å². The van der Waals surface area contributed by atoms with Crippen molar-refractivity contribution in [3.05, 3.63) is 17.3 Å². The van der Waals surface area contributed by atoms with Gasteiger partial charge in [-0.15, -0.1) is 0 Å². The first-order chi connectivity index (χ1) is 8.61. The monoisotopic (exact) mass is 275 g/mol. The second-order valence-corrected chi connectivity index (χ2v) is 4.62. The molecule has 0 bridgehead atoms. The van der Waals surface area contributed by atoms with Crippen LogP contribution in [0, 0.1) is 5.82 Å². The van der Waals surface area contributed by atoms with Crippen molar-refractivity contribution in [2.24, 2.45) is 0 Å². The summed E-state index contributed by atoms with van der Waals surface area (Å²) in [4.78, 5) is 7.30. The molecule has 2 N–H and O–H groups in total. The second kappa shape index (κ2) is 5.77. The molecule has 0 radical (unpaired) electrons. The van der Waals surface area contributed by atoms with E-state index in [4.69, 9.17) is 16.3 Å². The van der Waals surface area contributed by atoms with Gasteiger partial charge >= 0.3 is 0 Å². The van der Waals surface area contributed by atoms with E-state index in [1.807, 2.05) is 0 Å². The summed E-state index contributed by atoms with van der Waals surface area (Å²) < 4.78 is 18.7. The average molecular weight is 276 g/mol. The minimum Gasteiger partial charge on any atom is -0.388 e. The molecule has 1 aromatic heterocycles. The Morgan fingerprint density at radius 3 is 3.06 bits per heavy atom. The maximum Gasteiger partial charge on any atom is 0.224 e. The first-order valence-corrected chi connectivity index (χ1v) is 6.15. The van der Waals surface area contributed by atoms with E-state index < -0.39 is 11.9 Å². The predicted molar refractivity (Wildman–Crippen MR) is 65.1 cm³/mol. The summed E-state index contributed by atoms with van der Waals surface area (Å²) in [5.74, 6) is -0.582. The molecule has 0 aliphatic heterocycles. The minimum absolute atomic E-state index is 0.0100. The standard InChI is InChI=1S/C11H15ClFN3O2/c1-18-8-4-2-3-7(9(8)17)15-10-6(13)5-14-11(12)16-10/h5,7-9,17H,2-4H2,1H3,(H,14,15,16)/t7?,8-,9-/m1/s1. The summed E-state index contributed by atoms with van der Waals surface area (Å²) in [7, 11) is 1.55. The van der Waals surface area contributed by atoms with Gasteiger partial charge in [-0.2, -0.15) is 4.98 Å². The molecule has 1 aliphatic carbocycles. The number of nitrogens with one attached hydrogen (secondary N) is 1. The third kappa shape index (κ3) is 2.88. The molecular weight excluding hydrogens is 261 g/mol. The van der Waals surface area contributed by atoms with Crippen LogP contribution in [0.3, 0.4) is 0 Å². The van der Waals surface area contributed by atoms with E-state index >= 15 is 0 Å². The van der Waals surface area contributed by atoms with E-state index in [0.29, 0.717) is 0 Å². The Bertz CT molecular complexity index is 421. The molecular formula is C11H15ClFN3O2. The zero-order valence-electron chi connectivity index (χ0n) is 9.94. The predicted octanol–water partition coefficient (Wildman–Crippen LogP) is 1.61. The highest BCUT2D eigenvalue weighted by atomic mass is 35.5. The molecule has 7 heteroatoms. The van der Waals surface area contributed by atoms with Crippen LogP contribution in [-0.2, 0) is 4.74 Å². The van der Waals surface area contributed by atoms with Gasteiger partial charge in [0, 0.05) is 7.11 Å². The lowest BCUT2D eigenvalue weighted by Gasteiger charge is -2.34. The highest BCUT2D eigenvalue weighted by molar-refractivity contribution is 6.28. The molecule has 0 spiro atoms. The number of rotatable bonds is 3. The lowest BCUT2D eigenvalue weighted by molar-refractivity contribution is -0.0421. The van der Waals surface area contributed by atoms with Crippen LogP contribution in [0.25, 0.3) is 0 Å². The van der Waals surface area contributed by atoms with Gasteiger partial charge in [-0.05, 0) is 30.9 Å². The topological polar surface area (TPSA) is 67.3 Å². The number of hydrogen-bond donors (Lipinski definition) is 2. The summed E-state index contributed by atoms with van der Waals surface area (Å²) in [5.41, 5.74) is 0. The van der Waals surface area contributed by atoms with Crippen LogP contribution >= 0.6 is 11.6 Å². The highest BCUT2D eigenvalue weighted by Gasteiger charge is 2.32. The third-order valence-corrected chi connectivity index (χ3v) is 3.32. The Labute approximate surface area is 109 Å². The van der Waals surface area contributed by atoms with Gasteiger partial charge in [0.25, 0.3) is 0 Å². The van der Waals surface area contributed by atoms with E-state index in [-0.39, 0.29) is 23.2 Å². The molecule has 3 atom stereocenters. The Hall–Kier alpha value is -0.980.